The predicted octanol–water partition coefficient (Wildman–Crippen LogP) is 3.20. The van der Waals surface area contributed by atoms with Gasteiger partial charge in [0.1, 0.15) is 5.75 Å². The number of rotatable bonds is 1. The van der Waals surface area contributed by atoms with Crippen molar-refractivity contribution in [3.8, 4) is 11.4 Å². The van der Waals surface area contributed by atoms with E-state index in [0.717, 1.165) is 42.6 Å². The zero-order chi connectivity index (χ0) is 13.9. The third kappa shape index (κ3) is 2.36. The summed E-state index contributed by atoms with van der Waals surface area (Å²) in [5.74, 6) is 0.166. The summed E-state index contributed by atoms with van der Waals surface area (Å²) in [7, 11) is 0. The predicted molar refractivity (Wildman–Crippen MR) is 79.6 cm³/mol. The first kappa shape index (κ1) is 13.0. The van der Waals surface area contributed by atoms with Crippen LogP contribution in [0.15, 0.2) is 41.2 Å². The summed E-state index contributed by atoms with van der Waals surface area (Å²) >= 11 is 0. The molecule has 1 aliphatic rings. The lowest BCUT2D eigenvalue weighted by Crippen LogP contribution is -2.23. The smallest absolute Gasteiger partial charge is 0.259 e. The van der Waals surface area contributed by atoms with Crippen molar-refractivity contribution in [2.45, 2.75) is 38.5 Å². The Morgan fingerprint density at radius 3 is 2.40 bits per heavy atom. The van der Waals surface area contributed by atoms with Gasteiger partial charge in [0.25, 0.3) is 5.56 Å². The highest BCUT2D eigenvalue weighted by molar-refractivity contribution is 5.43. The third-order valence-electron chi connectivity index (χ3n) is 4.01. The first-order valence-electron chi connectivity index (χ1n) is 7.29. The molecule has 2 aromatic rings. The number of hydrogen-bond acceptors (Lipinski definition) is 2. The second-order valence-electron chi connectivity index (χ2n) is 5.38. The molecule has 104 valence electrons. The van der Waals surface area contributed by atoms with Crippen molar-refractivity contribution in [2.75, 3.05) is 0 Å². The topological polar surface area (TPSA) is 42.2 Å². The minimum Gasteiger partial charge on any atom is -0.507 e. The van der Waals surface area contributed by atoms with Gasteiger partial charge in [0, 0.05) is 23.0 Å². The van der Waals surface area contributed by atoms with Gasteiger partial charge in [-0.3, -0.25) is 9.36 Å². The first-order valence-corrected chi connectivity index (χ1v) is 7.29. The fourth-order valence-corrected chi connectivity index (χ4v) is 3.03. The average molecular weight is 269 g/mol. The highest BCUT2D eigenvalue weighted by Crippen LogP contribution is 2.27. The SMILES string of the molecule is O=c1cc(O)c2c(n1-c1ccccc1)CCCCCC2. The van der Waals surface area contributed by atoms with Crippen LogP contribution in [0.25, 0.3) is 5.69 Å². The van der Waals surface area contributed by atoms with Crippen LogP contribution < -0.4 is 5.56 Å². The van der Waals surface area contributed by atoms with Crippen molar-refractivity contribution in [3.63, 3.8) is 0 Å². The number of benzene rings is 1. The lowest BCUT2D eigenvalue weighted by molar-refractivity contribution is 0.457. The molecule has 0 spiro atoms. The second kappa shape index (κ2) is 5.53. The quantitative estimate of drug-likeness (QED) is 0.863. The van der Waals surface area contributed by atoms with Gasteiger partial charge in [0.05, 0.1) is 0 Å². The molecule has 1 N–H and O–H groups in total. The monoisotopic (exact) mass is 269 g/mol. The van der Waals surface area contributed by atoms with Gasteiger partial charge in [-0.25, -0.2) is 0 Å². The molecule has 3 nitrogen and oxygen atoms in total. The van der Waals surface area contributed by atoms with E-state index in [1.165, 1.54) is 18.9 Å². The molecule has 1 heterocycles. The van der Waals surface area contributed by atoms with Crippen molar-refractivity contribution >= 4 is 0 Å². The largest absolute Gasteiger partial charge is 0.507 e. The minimum absolute atomic E-state index is 0.145. The fourth-order valence-electron chi connectivity index (χ4n) is 3.03. The van der Waals surface area contributed by atoms with Gasteiger partial charge in [-0.15, -0.1) is 0 Å². The molecular weight excluding hydrogens is 250 g/mol. The fraction of sp³-hybridized carbons (Fsp3) is 0.353. The molecule has 1 aromatic carbocycles. The highest BCUT2D eigenvalue weighted by Gasteiger charge is 2.17. The van der Waals surface area contributed by atoms with Crippen LogP contribution in [-0.2, 0) is 12.8 Å². The molecule has 0 bridgehead atoms. The number of para-hydroxylation sites is 1. The number of hydrogen-bond donors (Lipinski definition) is 1. The molecular formula is C17H19NO2. The number of pyridine rings is 1. The van der Waals surface area contributed by atoms with Gasteiger partial charge in [-0.1, -0.05) is 31.0 Å². The number of nitrogens with zero attached hydrogens (tertiary/aromatic N) is 1. The van der Waals surface area contributed by atoms with E-state index in [2.05, 4.69) is 0 Å². The summed E-state index contributed by atoms with van der Waals surface area (Å²) in [4.78, 5) is 12.3. The molecule has 0 fully saturated rings. The molecule has 3 rings (SSSR count). The average Bonchev–Trinajstić information content (AvgIpc) is 2.41. The van der Waals surface area contributed by atoms with E-state index in [9.17, 15) is 9.90 Å². The molecule has 0 saturated heterocycles. The molecule has 0 unspecified atom stereocenters. The van der Waals surface area contributed by atoms with E-state index in [0.29, 0.717) is 0 Å². The van der Waals surface area contributed by atoms with Crippen molar-refractivity contribution < 1.29 is 5.11 Å². The second-order valence-corrected chi connectivity index (χ2v) is 5.38. The minimum atomic E-state index is -0.145. The Bertz CT molecular complexity index is 659. The van der Waals surface area contributed by atoms with E-state index >= 15 is 0 Å². The van der Waals surface area contributed by atoms with Gasteiger partial charge < -0.3 is 5.11 Å². The van der Waals surface area contributed by atoms with E-state index in [-0.39, 0.29) is 11.3 Å². The summed E-state index contributed by atoms with van der Waals surface area (Å²) in [6.07, 6.45) is 6.25. The van der Waals surface area contributed by atoms with Crippen LogP contribution in [0.1, 0.15) is 36.9 Å². The highest BCUT2D eigenvalue weighted by atomic mass is 16.3. The van der Waals surface area contributed by atoms with Crippen LogP contribution in [0, 0.1) is 0 Å². The van der Waals surface area contributed by atoms with Crippen molar-refractivity contribution in [2.24, 2.45) is 0 Å². The lowest BCUT2D eigenvalue weighted by atomic mass is 9.96. The maximum Gasteiger partial charge on any atom is 0.259 e. The molecule has 0 aliphatic heterocycles. The van der Waals surface area contributed by atoms with Crippen LogP contribution >= 0.6 is 0 Å². The number of fused-ring (bicyclic) bond motifs is 1. The van der Waals surface area contributed by atoms with E-state index in [1.807, 2.05) is 30.3 Å². The van der Waals surface area contributed by atoms with Crippen LogP contribution in [0.3, 0.4) is 0 Å². The molecule has 0 atom stereocenters. The molecule has 0 amide bonds. The number of aromatic hydroxyl groups is 1. The van der Waals surface area contributed by atoms with E-state index in [1.54, 1.807) is 4.57 Å². The Hall–Kier alpha value is -2.03. The van der Waals surface area contributed by atoms with Gasteiger partial charge in [-0.05, 0) is 37.8 Å². The zero-order valence-corrected chi connectivity index (χ0v) is 11.5. The molecule has 0 saturated carbocycles. The maximum absolute atomic E-state index is 12.3. The summed E-state index contributed by atoms with van der Waals surface area (Å²) in [6, 6.07) is 11.1. The Morgan fingerprint density at radius 2 is 1.65 bits per heavy atom. The standard InChI is InChI=1S/C17H19NO2/c19-16-12-17(20)18(13-8-4-3-5-9-13)15-11-7-2-1-6-10-14(15)16/h3-5,8-9,12,19H,1-2,6-7,10-11H2. The van der Waals surface area contributed by atoms with Crippen LogP contribution in [0.2, 0.25) is 0 Å². The normalized spacial score (nSPS) is 15.2. The van der Waals surface area contributed by atoms with Crippen LogP contribution in [0.4, 0.5) is 0 Å². The zero-order valence-electron chi connectivity index (χ0n) is 11.5. The summed E-state index contributed by atoms with van der Waals surface area (Å²) < 4.78 is 1.76. The van der Waals surface area contributed by atoms with Gasteiger partial charge in [-0.2, -0.15) is 0 Å². The molecule has 0 radical (unpaired) electrons. The van der Waals surface area contributed by atoms with Gasteiger partial charge >= 0.3 is 0 Å². The van der Waals surface area contributed by atoms with Crippen LogP contribution in [0.5, 0.6) is 5.75 Å². The molecule has 20 heavy (non-hydrogen) atoms. The first-order chi connectivity index (χ1) is 9.77. The van der Waals surface area contributed by atoms with E-state index in [4.69, 9.17) is 0 Å². The summed E-state index contributed by atoms with van der Waals surface area (Å²) in [5.41, 5.74) is 2.68. The molecule has 1 aromatic heterocycles. The summed E-state index contributed by atoms with van der Waals surface area (Å²) in [6.45, 7) is 0. The van der Waals surface area contributed by atoms with Crippen LogP contribution in [-0.4, -0.2) is 9.67 Å². The lowest BCUT2D eigenvalue weighted by Gasteiger charge is -2.20. The van der Waals surface area contributed by atoms with Gasteiger partial charge in [0.2, 0.25) is 0 Å². The summed E-state index contributed by atoms with van der Waals surface area (Å²) in [5, 5.41) is 10.1. The molecule has 3 heteroatoms. The van der Waals surface area contributed by atoms with Crippen molar-refractivity contribution in [1.82, 2.24) is 4.57 Å². The Balaban J connectivity index is 2.23. The Kier molecular flexibility index (Phi) is 3.59. The third-order valence-corrected chi connectivity index (χ3v) is 4.01. The van der Waals surface area contributed by atoms with Crippen molar-refractivity contribution in [1.29, 1.82) is 0 Å². The maximum atomic E-state index is 12.3. The Morgan fingerprint density at radius 1 is 0.950 bits per heavy atom. The number of aromatic nitrogens is 1. The van der Waals surface area contributed by atoms with Gasteiger partial charge in [0.15, 0.2) is 0 Å². The van der Waals surface area contributed by atoms with Crippen molar-refractivity contribution in [3.05, 3.63) is 58.0 Å². The molecule has 1 aliphatic carbocycles. The Labute approximate surface area is 118 Å². The van der Waals surface area contributed by atoms with E-state index < -0.39 is 0 Å².